The van der Waals surface area contributed by atoms with E-state index in [9.17, 15) is 0 Å². The van der Waals surface area contributed by atoms with Gasteiger partial charge in [-0.25, -0.2) is 0 Å². The fourth-order valence-electron chi connectivity index (χ4n) is 1.36. The summed E-state index contributed by atoms with van der Waals surface area (Å²) in [6.07, 6.45) is 1.27. The monoisotopic (exact) mass is 226 g/mol. The van der Waals surface area contributed by atoms with Crippen molar-refractivity contribution in [1.82, 2.24) is 0 Å². The lowest BCUT2D eigenvalue weighted by Crippen LogP contribution is -1.84. The van der Waals surface area contributed by atoms with E-state index in [0.717, 1.165) is 11.7 Å². The highest BCUT2D eigenvalue weighted by Gasteiger charge is 2.35. The molecule has 2 rings (SSSR count). The summed E-state index contributed by atoms with van der Waals surface area (Å²) in [5.41, 5.74) is 1.41. The molecule has 1 aliphatic carbocycles. The van der Waals surface area contributed by atoms with Gasteiger partial charge < -0.3 is 4.74 Å². The van der Waals surface area contributed by atoms with Crippen molar-refractivity contribution in [3.63, 3.8) is 0 Å². The maximum Gasteiger partial charge on any atom is 0.118 e. The van der Waals surface area contributed by atoms with E-state index in [1.165, 1.54) is 12.0 Å². The summed E-state index contributed by atoms with van der Waals surface area (Å²) in [5.74, 6) is 1.67. The van der Waals surface area contributed by atoms with Gasteiger partial charge in [-0.05, 0) is 30.0 Å². The first-order chi connectivity index (χ1) is 5.81. The second-order valence-electron chi connectivity index (χ2n) is 3.13. The summed E-state index contributed by atoms with van der Waals surface area (Å²) < 4.78 is 5.08. The molecular weight excluding hydrogens is 216 g/mol. The van der Waals surface area contributed by atoms with E-state index in [0.29, 0.717) is 4.83 Å². The number of hydrogen-bond donors (Lipinski definition) is 0. The Morgan fingerprint density at radius 1 is 1.33 bits per heavy atom. The molecule has 0 unspecified atom stereocenters. The summed E-state index contributed by atoms with van der Waals surface area (Å²) in [6.45, 7) is 0. The van der Waals surface area contributed by atoms with Gasteiger partial charge in [0.2, 0.25) is 0 Å². The van der Waals surface area contributed by atoms with Crippen LogP contribution in [0.5, 0.6) is 5.75 Å². The van der Waals surface area contributed by atoms with E-state index >= 15 is 0 Å². The van der Waals surface area contributed by atoms with E-state index in [4.69, 9.17) is 4.74 Å². The maximum absolute atomic E-state index is 5.08. The van der Waals surface area contributed by atoms with E-state index in [1.807, 2.05) is 12.1 Å². The Kier molecular flexibility index (Phi) is 2.09. The van der Waals surface area contributed by atoms with Gasteiger partial charge in [0.05, 0.1) is 7.11 Å². The predicted molar refractivity (Wildman–Crippen MR) is 53.1 cm³/mol. The molecule has 2 atom stereocenters. The topological polar surface area (TPSA) is 9.23 Å². The highest BCUT2D eigenvalue weighted by atomic mass is 79.9. The van der Waals surface area contributed by atoms with Crippen LogP contribution in [0.15, 0.2) is 24.3 Å². The first-order valence-corrected chi connectivity index (χ1v) is 5.01. The second kappa shape index (κ2) is 3.09. The molecule has 0 amide bonds. The van der Waals surface area contributed by atoms with E-state index < -0.39 is 0 Å². The molecule has 0 N–H and O–H groups in total. The molecule has 0 spiro atoms. The Labute approximate surface area is 80.9 Å². The van der Waals surface area contributed by atoms with Crippen LogP contribution in [-0.2, 0) is 0 Å². The standard InChI is InChI=1S/C10H11BrO/c1-12-8-4-2-7(3-5-8)9-6-10(9)11/h2-5,9-10H,6H2,1H3/t9-,10-/m1/s1. The van der Waals surface area contributed by atoms with Crippen molar-refractivity contribution in [3.8, 4) is 5.75 Å². The fraction of sp³-hybridized carbons (Fsp3) is 0.400. The summed E-state index contributed by atoms with van der Waals surface area (Å²) in [6, 6.07) is 8.33. The minimum Gasteiger partial charge on any atom is -0.497 e. The van der Waals surface area contributed by atoms with Crippen molar-refractivity contribution < 1.29 is 4.74 Å². The Bertz CT molecular complexity index is 268. The molecule has 1 saturated carbocycles. The highest BCUT2D eigenvalue weighted by Crippen LogP contribution is 2.46. The number of halogens is 1. The van der Waals surface area contributed by atoms with Gasteiger partial charge in [-0.1, -0.05) is 28.1 Å². The molecule has 0 aromatic heterocycles. The molecule has 1 fully saturated rings. The predicted octanol–water partition coefficient (Wildman–Crippen LogP) is 2.95. The van der Waals surface area contributed by atoms with Crippen molar-refractivity contribution in [2.45, 2.75) is 17.2 Å². The van der Waals surface area contributed by atoms with Crippen LogP contribution in [-0.4, -0.2) is 11.9 Å². The largest absolute Gasteiger partial charge is 0.497 e. The number of alkyl halides is 1. The van der Waals surface area contributed by atoms with E-state index in [-0.39, 0.29) is 0 Å². The Hall–Kier alpha value is -0.500. The number of hydrogen-bond acceptors (Lipinski definition) is 1. The van der Waals surface area contributed by atoms with E-state index in [2.05, 4.69) is 28.1 Å². The SMILES string of the molecule is COc1ccc([C@H]2C[C@H]2Br)cc1. The zero-order valence-electron chi connectivity index (χ0n) is 6.96. The van der Waals surface area contributed by atoms with Crippen LogP contribution in [0, 0.1) is 0 Å². The summed E-state index contributed by atoms with van der Waals surface area (Å²) in [4.78, 5) is 0.700. The van der Waals surface area contributed by atoms with Gasteiger partial charge in [0.15, 0.2) is 0 Å². The molecule has 1 nitrogen and oxygen atoms in total. The quantitative estimate of drug-likeness (QED) is 0.706. The molecule has 2 heteroatoms. The lowest BCUT2D eigenvalue weighted by molar-refractivity contribution is 0.414. The van der Waals surface area contributed by atoms with Crippen LogP contribution in [0.2, 0.25) is 0 Å². The Balaban J connectivity index is 2.14. The van der Waals surface area contributed by atoms with Crippen molar-refractivity contribution in [2.75, 3.05) is 7.11 Å². The van der Waals surface area contributed by atoms with Gasteiger partial charge in [-0.15, -0.1) is 0 Å². The molecule has 12 heavy (non-hydrogen) atoms. The Morgan fingerprint density at radius 3 is 2.33 bits per heavy atom. The summed E-state index contributed by atoms with van der Waals surface area (Å²) in [7, 11) is 1.69. The lowest BCUT2D eigenvalue weighted by atomic mass is 10.1. The third kappa shape index (κ3) is 1.48. The summed E-state index contributed by atoms with van der Waals surface area (Å²) in [5, 5.41) is 0. The minimum absolute atomic E-state index is 0.700. The molecular formula is C10H11BrO. The molecule has 0 aliphatic heterocycles. The second-order valence-corrected chi connectivity index (χ2v) is 4.31. The molecule has 1 aromatic rings. The first kappa shape index (κ1) is 8.11. The van der Waals surface area contributed by atoms with Crippen LogP contribution in [0.1, 0.15) is 17.9 Å². The number of methoxy groups -OCH3 is 1. The van der Waals surface area contributed by atoms with Crippen molar-refractivity contribution >= 4 is 15.9 Å². The molecule has 0 bridgehead atoms. The van der Waals surface area contributed by atoms with Crippen LogP contribution >= 0.6 is 15.9 Å². The fourth-order valence-corrected chi connectivity index (χ4v) is 2.07. The van der Waals surface area contributed by atoms with Crippen molar-refractivity contribution in [1.29, 1.82) is 0 Å². The van der Waals surface area contributed by atoms with Crippen molar-refractivity contribution in [2.24, 2.45) is 0 Å². The van der Waals surface area contributed by atoms with Gasteiger partial charge in [0, 0.05) is 4.83 Å². The molecule has 0 radical (unpaired) electrons. The third-order valence-corrected chi connectivity index (χ3v) is 3.27. The van der Waals surface area contributed by atoms with Gasteiger partial charge >= 0.3 is 0 Å². The van der Waals surface area contributed by atoms with E-state index in [1.54, 1.807) is 7.11 Å². The number of ether oxygens (including phenoxy) is 1. The average molecular weight is 227 g/mol. The van der Waals surface area contributed by atoms with Gasteiger partial charge in [0.25, 0.3) is 0 Å². The molecule has 1 aromatic carbocycles. The van der Waals surface area contributed by atoms with Gasteiger partial charge in [-0.2, -0.15) is 0 Å². The number of rotatable bonds is 2. The maximum atomic E-state index is 5.08. The normalized spacial score (nSPS) is 26.8. The minimum atomic E-state index is 0.700. The molecule has 64 valence electrons. The third-order valence-electron chi connectivity index (χ3n) is 2.26. The average Bonchev–Trinajstić information content (AvgIpc) is 2.83. The zero-order chi connectivity index (χ0) is 8.55. The van der Waals surface area contributed by atoms with Crippen LogP contribution in [0.25, 0.3) is 0 Å². The summed E-state index contributed by atoms with van der Waals surface area (Å²) >= 11 is 3.59. The number of benzene rings is 1. The van der Waals surface area contributed by atoms with Gasteiger partial charge in [0.1, 0.15) is 5.75 Å². The first-order valence-electron chi connectivity index (χ1n) is 4.09. The smallest absolute Gasteiger partial charge is 0.118 e. The molecule has 0 saturated heterocycles. The Morgan fingerprint density at radius 2 is 1.92 bits per heavy atom. The molecule has 0 heterocycles. The molecule has 1 aliphatic rings. The van der Waals surface area contributed by atoms with Crippen LogP contribution in [0.4, 0.5) is 0 Å². The van der Waals surface area contributed by atoms with Crippen LogP contribution < -0.4 is 4.74 Å². The highest BCUT2D eigenvalue weighted by molar-refractivity contribution is 9.09. The lowest BCUT2D eigenvalue weighted by Gasteiger charge is -2.00. The van der Waals surface area contributed by atoms with Gasteiger partial charge in [-0.3, -0.25) is 0 Å². The van der Waals surface area contributed by atoms with Crippen molar-refractivity contribution in [3.05, 3.63) is 29.8 Å². The van der Waals surface area contributed by atoms with Crippen LogP contribution in [0.3, 0.4) is 0 Å². The zero-order valence-corrected chi connectivity index (χ0v) is 8.54.